The van der Waals surface area contributed by atoms with Crippen LogP contribution < -0.4 is 0 Å². The van der Waals surface area contributed by atoms with Crippen molar-refractivity contribution < 1.29 is 0 Å². The fourth-order valence-corrected chi connectivity index (χ4v) is 11.0. The third-order valence-corrected chi connectivity index (χ3v) is 13.9. The van der Waals surface area contributed by atoms with Gasteiger partial charge in [0.15, 0.2) is 0 Å². The van der Waals surface area contributed by atoms with Crippen LogP contribution in [0.15, 0.2) is 206 Å². The molecule has 0 aliphatic heterocycles. The van der Waals surface area contributed by atoms with Crippen molar-refractivity contribution >= 4 is 67.9 Å². The minimum atomic E-state index is -0.113. The third kappa shape index (κ3) is 5.65. The van der Waals surface area contributed by atoms with Gasteiger partial charge in [0.1, 0.15) is 0 Å². The van der Waals surface area contributed by atoms with Gasteiger partial charge in [-0.1, -0.05) is 170 Å². The molecule has 2 heterocycles. The summed E-state index contributed by atoms with van der Waals surface area (Å²) in [5.74, 6) is 0. The number of hydrogen-bond donors (Lipinski definition) is 0. The summed E-state index contributed by atoms with van der Waals surface area (Å²) in [6.45, 7) is 0. The van der Waals surface area contributed by atoms with Gasteiger partial charge in [-0.15, -0.1) is 0 Å². The Labute approximate surface area is 367 Å². The molecule has 296 valence electrons. The van der Waals surface area contributed by atoms with E-state index < -0.39 is 0 Å². The Morgan fingerprint density at radius 2 is 0.683 bits per heavy atom. The molecule has 0 fully saturated rings. The molecule has 0 bridgehead atoms. The van der Waals surface area contributed by atoms with Crippen LogP contribution in [0.1, 0.15) is 44.5 Å². The van der Waals surface area contributed by atoms with Crippen LogP contribution in [0.3, 0.4) is 0 Å². The van der Waals surface area contributed by atoms with Gasteiger partial charge in [0.2, 0.25) is 0 Å². The van der Waals surface area contributed by atoms with Crippen molar-refractivity contribution in [2.24, 2.45) is 0 Å². The van der Waals surface area contributed by atoms with Gasteiger partial charge in [-0.3, -0.25) is 0 Å². The minimum absolute atomic E-state index is 0.113. The lowest BCUT2D eigenvalue weighted by Crippen LogP contribution is -2.26. The van der Waals surface area contributed by atoms with E-state index in [1.807, 2.05) is 0 Å². The molecule has 2 heteroatoms. The van der Waals surface area contributed by atoms with Crippen molar-refractivity contribution in [3.8, 4) is 22.5 Å². The fraction of sp³-hybridized carbons (Fsp3) is 0.0492. The number of hydrogen-bond acceptors (Lipinski definition) is 0. The van der Waals surface area contributed by atoms with E-state index in [9.17, 15) is 0 Å². The van der Waals surface area contributed by atoms with Gasteiger partial charge < -0.3 is 9.13 Å². The molecular formula is C61H42N2. The van der Waals surface area contributed by atoms with E-state index in [1.54, 1.807) is 0 Å². The Kier molecular flexibility index (Phi) is 7.98. The van der Waals surface area contributed by atoms with Crippen molar-refractivity contribution in [1.29, 1.82) is 0 Å². The van der Waals surface area contributed by atoms with E-state index in [0.717, 1.165) is 12.8 Å². The van der Waals surface area contributed by atoms with Crippen LogP contribution in [0.5, 0.6) is 0 Å². The predicted molar refractivity (Wildman–Crippen MR) is 266 cm³/mol. The second-order valence-corrected chi connectivity index (χ2v) is 17.4. The molecule has 0 radical (unpaired) electrons. The number of benzene rings is 9. The number of nitrogens with zero attached hydrogens (tertiary/aromatic N) is 2. The quantitative estimate of drug-likeness (QED) is 0.148. The number of rotatable bonds is 6. The molecule has 11 aromatic rings. The molecule has 0 saturated carbocycles. The first-order chi connectivity index (χ1) is 31.2. The van der Waals surface area contributed by atoms with Crippen LogP contribution in [0, 0.1) is 0 Å². The summed E-state index contributed by atoms with van der Waals surface area (Å²) in [5, 5.41) is 5.08. The molecule has 9 aromatic carbocycles. The van der Waals surface area contributed by atoms with Crippen LogP contribution in [0.2, 0.25) is 0 Å². The van der Waals surface area contributed by atoms with E-state index in [4.69, 9.17) is 0 Å². The van der Waals surface area contributed by atoms with Gasteiger partial charge in [0.25, 0.3) is 0 Å². The van der Waals surface area contributed by atoms with Crippen LogP contribution >= 0.6 is 0 Å². The average Bonchev–Trinajstić information content (AvgIpc) is 4.07. The number of fused-ring (bicyclic) bond motifs is 12. The molecule has 13 rings (SSSR count). The van der Waals surface area contributed by atoms with Crippen LogP contribution in [-0.2, 0) is 18.3 Å². The molecule has 2 aliphatic rings. The highest BCUT2D eigenvalue weighted by Crippen LogP contribution is 2.56. The minimum Gasteiger partial charge on any atom is -0.309 e. The summed E-state index contributed by atoms with van der Waals surface area (Å²) in [6, 6.07) is 76.0. The standard InChI is InChI=1S/C61H42N2/c1-3-15-47(16-4-1)62-57-21-11-9-19-51(57)53-35-41(29-33-59(53)62)23-25-43-27-31-49-50-32-28-44(38-56(50)61(55(49)37-43)39-45-13-7-8-14-46(45)40-61)26-24-42-30-34-60-54(36-42)52-20-10-12-22-58(52)63(60)48-17-5-2-6-18-48/h1-38H,39-40H2. The molecule has 2 nitrogen and oxygen atoms in total. The molecule has 1 spiro atoms. The molecule has 0 N–H and O–H groups in total. The first-order valence-corrected chi connectivity index (χ1v) is 22.1. The first kappa shape index (κ1) is 35.8. The van der Waals surface area contributed by atoms with Crippen LogP contribution in [0.25, 0.3) is 90.4 Å². The number of para-hydroxylation sites is 4. The molecular weight excluding hydrogens is 761 g/mol. The van der Waals surface area contributed by atoms with E-state index in [0.29, 0.717) is 0 Å². The van der Waals surface area contributed by atoms with Crippen molar-refractivity contribution in [1.82, 2.24) is 9.13 Å². The lowest BCUT2D eigenvalue weighted by atomic mass is 9.75. The highest BCUT2D eigenvalue weighted by atomic mass is 15.0. The zero-order chi connectivity index (χ0) is 41.5. The summed E-state index contributed by atoms with van der Waals surface area (Å²) >= 11 is 0. The maximum absolute atomic E-state index is 2.48. The van der Waals surface area contributed by atoms with Gasteiger partial charge in [0, 0.05) is 38.3 Å². The van der Waals surface area contributed by atoms with Gasteiger partial charge in [-0.05, 0) is 129 Å². The maximum Gasteiger partial charge on any atom is 0.0541 e. The molecule has 2 aliphatic carbocycles. The second-order valence-electron chi connectivity index (χ2n) is 17.4. The second kappa shape index (κ2) is 14.1. The normalized spacial score (nSPS) is 13.9. The average molecular weight is 803 g/mol. The molecule has 0 unspecified atom stereocenters. The van der Waals surface area contributed by atoms with E-state index in [1.165, 1.54) is 111 Å². The van der Waals surface area contributed by atoms with Gasteiger partial charge in [0.05, 0.1) is 22.1 Å². The van der Waals surface area contributed by atoms with Crippen molar-refractivity contribution in [2.75, 3.05) is 0 Å². The van der Waals surface area contributed by atoms with E-state index >= 15 is 0 Å². The lowest BCUT2D eigenvalue weighted by Gasteiger charge is -2.27. The first-order valence-electron chi connectivity index (χ1n) is 22.1. The Morgan fingerprint density at radius 1 is 0.317 bits per heavy atom. The summed E-state index contributed by atoms with van der Waals surface area (Å²) in [4.78, 5) is 0. The summed E-state index contributed by atoms with van der Waals surface area (Å²) in [7, 11) is 0. The van der Waals surface area contributed by atoms with E-state index in [-0.39, 0.29) is 5.41 Å². The van der Waals surface area contributed by atoms with Crippen molar-refractivity contribution in [3.63, 3.8) is 0 Å². The predicted octanol–water partition coefficient (Wildman–Crippen LogP) is 15.3. The Bertz CT molecular complexity index is 3430. The third-order valence-electron chi connectivity index (χ3n) is 13.9. The zero-order valence-corrected chi connectivity index (χ0v) is 34.7. The molecule has 0 atom stereocenters. The van der Waals surface area contributed by atoms with Gasteiger partial charge in [-0.25, -0.2) is 0 Å². The summed E-state index contributed by atoms with van der Waals surface area (Å²) < 4.78 is 4.75. The Balaban J connectivity index is 0.857. The SMILES string of the molecule is C(=Cc1ccc2c(c1)c1ccccc1n2-c1ccccc1)c1ccc2c(c1)C1(Cc3ccccc3C1)c1cc(C=Cc3ccc4c(c3)c3ccccc3n4-c3ccccc3)ccc1-2. The highest BCUT2D eigenvalue weighted by molar-refractivity contribution is 6.11. The van der Waals surface area contributed by atoms with Gasteiger partial charge >= 0.3 is 0 Å². The highest BCUT2D eigenvalue weighted by Gasteiger charge is 2.47. The number of aromatic nitrogens is 2. The van der Waals surface area contributed by atoms with Crippen LogP contribution in [0.4, 0.5) is 0 Å². The molecule has 63 heavy (non-hydrogen) atoms. The van der Waals surface area contributed by atoms with Gasteiger partial charge in [-0.2, -0.15) is 0 Å². The molecule has 2 aromatic heterocycles. The largest absolute Gasteiger partial charge is 0.309 e. The Morgan fingerprint density at radius 3 is 1.14 bits per heavy atom. The lowest BCUT2D eigenvalue weighted by molar-refractivity contribution is 0.563. The molecule has 0 saturated heterocycles. The van der Waals surface area contributed by atoms with E-state index in [2.05, 4.69) is 240 Å². The maximum atomic E-state index is 2.48. The fourth-order valence-electron chi connectivity index (χ4n) is 11.0. The zero-order valence-electron chi connectivity index (χ0n) is 34.7. The Hall–Kier alpha value is -7.94. The smallest absolute Gasteiger partial charge is 0.0541 e. The van der Waals surface area contributed by atoms with Crippen molar-refractivity contribution in [3.05, 3.63) is 251 Å². The topological polar surface area (TPSA) is 9.86 Å². The molecule has 0 amide bonds. The van der Waals surface area contributed by atoms with Crippen molar-refractivity contribution in [2.45, 2.75) is 18.3 Å². The summed E-state index contributed by atoms with van der Waals surface area (Å²) in [6.07, 6.45) is 11.2. The monoisotopic (exact) mass is 802 g/mol. The summed E-state index contributed by atoms with van der Waals surface area (Å²) in [5.41, 5.74) is 20.5. The van der Waals surface area contributed by atoms with Crippen LogP contribution in [-0.4, -0.2) is 9.13 Å².